The molecule has 2 aromatic rings. The van der Waals surface area contributed by atoms with E-state index >= 15 is 0 Å². The molecule has 132 valence electrons. The smallest absolute Gasteiger partial charge is 0.191 e. The average Bonchev–Trinajstić information content (AvgIpc) is 3.33. The predicted octanol–water partition coefficient (Wildman–Crippen LogP) is 1.76. The number of piperazine rings is 1. The molecule has 1 saturated heterocycles. The van der Waals surface area contributed by atoms with Crippen molar-refractivity contribution in [2.24, 2.45) is 10.7 Å². The summed E-state index contributed by atoms with van der Waals surface area (Å²) in [6.07, 6.45) is 3.78. The summed E-state index contributed by atoms with van der Waals surface area (Å²) in [5, 5.41) is 3.11. The van der Waals surface area contributed by atoms with Crippen LogP contribution in [0.25, 0.3) is 0 Å². The monoisotopic (exact) mass is 357 g/mol. The molecule has 2 N–H and O–H groups in total. The molecule has 0 atom stereocenters. The van der Waals surface area contributed by atoms with Crippen LogP contribution in [0.15, 0.2) is 34.8 Å². The van der Waals surface area contributed by atoms with Crippen LogP contribution in [-0.2, 0) is 12.8 Å². The lowest BCUT2D eigenvalue weighted by Gasteiger charge is -2.35. The van der Waals surface area contributed by atoms with Crippen LogP contribution in [0.5, 0.6) is 5.75 Å². The van der Waals surface area contributed by atoms with E-state index in [9.17, 15) is 0 Å². The topological polar surface area (TPSA) is 67.0 Å². The number of nitrogens with zero attached hydrogens (tertiary/aromatic N) is 4. The van der Waals surface area contributed by atoms with Gasteiger partial charge >= 0.3 is 0 Å². The molecule has 7 heteroatoms. The van der Waals surface area contributed by atoms with Crippen molar-refractivity contribution < 1.29 is 4.74 Å². The first-order valence-corrected chi connectivity index (χ1v) is 9.61. The van der Waals surface area contributed by atoms with Gasteiger partial charge in [-0.3, -0.25) is 4.99 Å². The van der Waals surface area contributed by atoms with Crippen LogP contribution in [0.1, 0.15) is 11.1 Å². The van der Waals surface area contributed by atoms with E-state index in [-0.39, 0.29) is 0 Å². The van der Waals surface area contributed by atoms with Crippen molar-refractivity contribution >= 4 is 22.4 Å². The van der Waals surface area contributed by atoms with Crippen LogP contribution in [0.2, 0.25) is 0 Å². The molecule has 4 rings (SSSR count). The Morgan fingerprint density at radius 1 is 1.28 bits per heavy atom. The van der Waals surface area contributed by atoms with E-state index in [0.29, 0.717) is 5.96 Å². The average molecular weight is 357 g/mol. The Morgan fingerprint density at radius 3 is 2.96 bits per heavy atom. The summed E-state index contributed by atoms with van der Waals surface area (Å²) in [7, 11) is 0. The van der Waals surface area contributed by atoms with E-state index in [1.165, 1.54) is 11.1 Å². The molecule has 2 aliphatic rings. The fourth-order valence-electron chi connectivity index (χ4n) is 3.29. The molecule has 6 nitrogen and oxygen atoms in total. The highest BCUT2D eigenvalue weighted by Crippen LogP contribution is 2.26. The molecule has 0 aliphatic carbocycles. The number of hydrogen-bond donors (Lipinski definition) is 1. The number of aromatic nitrogens is 1. The third-order valence-corrected chi connectivity index (χ3v) is 5.55. The van der Waals surface area contributed by atoms with Crippen molar-refractivity contribution in [1.82, 2.24) is 9.88 Å². The highest BCUT2D eigenvalue weighted by Gasteiger charge is 2.19. The molecule has 0 amide bonds. The fourth-order valence-corrected chi connectivity index (χ4v) is 3.99. The number of anilines is 1. The number of nitrogens with two attached hydrogens (primary N) is 1. The molecular formula is C18H23N5OS. The van der Waals surface area contributed by atoms with Crippen LogP contribution < -0.4 is 15.4 Å². The quantitative estimate of drug-likeness (QED) is 0.667. The van der Waals surface area contributed by atoms with Crippen molar-refractivity contribution in [1.29, 1.82) is 0 Å². The lowest BCUT2D eigenvalue weighted by atomic mass is 10.1. The number of benzene rings is 1. The first-order chi connectivity index (χ1) is 12.3. The number of ether oxygens (including phenoxy) is 1. The SMILES string of the molecule is NC(=NCCc1ccc2c(c1)CCO2)N1CCN(c2nccs2)CC1. The zero-order valence-electron chi connectivity index (χ0n) is 14.2. The first kappa shape index (κ1) is 16.2. The van der Waals surface area contributed by atoms with Gasteiger partial charge in [-0.1, -0.05) is 12.1 Å². The third kappa shape index (κ3) is 3.71. The molecule has 0 spiro atoms. The van der Waals surface area contributed by atoms with E-state index in [1.807, 2.05) is 11.6 Å². The minimum atomic E-state index is 0.656. The molecule has 0 saturated carbocycles. The maximum atomic E-state index is 6.19. The summed E-state index contributed by atoms with van der Waals surface area (Å²) in [6.45, 7) is 5.19. The van der Waals surface area contributed by atoms with Crippen molar-refractivity contribution in [3.05, 3.63) is 40.9 Å². The molecule has 2 aliphatic heterocycles. The van der Waals surface area contributed by atoms with Gasteiger partial charge in [0, 0.05) is 50.7 Å². The number of thiazole rings is 1. The van der Waals surface area contributed by atoms with Gasteiger partial charge in [0.1, 0.15) is 5.75 Å². The summed E-state index contributed by atoms with van der Waals surface area (Å²) in [6, 6.07) is 6.44. The van der Waals surface area contributed by atoms with Crippen LogP contribution in [-0.4, -0.2) is 55.2 Å². The van der Waals surface area contributed by atoms with E-state index in [2.05, 4.69) is 38.0 Å². The molecule has 0 radical (unpaired) electrons. The second kappa shape index (κ2) is 7.31. The van der Waals surface area contributed by atoms with Gasteiger partial charge in [0.2, 0.25) is 0 Å². The number of hydrogen-bond acceptors (Lipinski definition) is 5. The van der Waals surface area contributed by atoms with Gasteiger partial charge in [-0.05, 0) is 23.6 Å². The molecular weight excluding hydrogens is 334 g/mol. The predicted molar refractivity (Wildman–Crippen MR) is 102 cm³/mol. The normalized spacial score (nSPS) is 17.5. The standard InChI is InChI=1S/C18H23N5OS/c19-17(22-7-9-23(10-8-22)18-21-6-12-25-18)20-5-3-14-1-2-16-15(13-14)4-11-24-16/h1-2,6,12-13H,3-5,7-11H2,(H2,19,20). The maximum Gasteiger partial charge on any atom is 0.191 e. The summed E-state index contributed by atoms with van der Waals surface area (Å²) >= 11 is 1.68. The maximum absolute atomic E-state index is 6.19. The summed E-state index contributed by atoms with van der Waals surface area (Å²) in [5.41, 5.74) is 8.80. The lowest BCUT2D eigenvalue weighted by Crippen LogP contribution is -2.51. The molecule has 1 fully saturated rings. The Hall–Kier alpha value is -2.28. The van der Waals surface area contributed by atoms with Crippen molar-refractivity contribution in [2.75, 3.05) is 44.2 Å². The number of fused-ring (bicyclic) bond motifs is 1. The van der Waals surface area contributed by atoms with Gasteiger partial charge in [0.15, 0.2) is 11.1 Å². The highest BCUT2D eigenvalue weighted by molar-refractivity contribution is 7.13. The van der Waals surface area contributed by atoms with Crippen LogP contribution in [0, 0.1) is 0 Å². The second-order valence-corrected chi connectivity index (χ2v) is 7.19. The summed E-state index contributed by atoms with van der Waals surface area (Å²) in [5.74, 6) is 1.69. The van der Waals surface area contributed by atoms with Crippen LogP contribution >= 0.6 is 11.3 Å². The number of aliphatic imine (C=N–C) groups is 1. The van der Waals surface area contributed by atoms with Gasteiger partial charge in [0.25, 0.3) is 0 Å². The summed E-state index contributed by atoms with van der Waals surface area (Å²) in [4.78, 5) is 13.4. The van der Waals surface area contributed by atoms with E-state index < -0.39 is 0 Å². The number of rotatable bonds is 4. The Labute approximate surface area is 151 Å². The fraction of sp³-hybridized carbons (Fsp3) is 0.444. The second-order valence-electron chi connectivity index (χ2n) is 6.32. The van der Waals surface area contributed by atoms with Crippen molar-refractivity contribution in [3.8, 4) is 5.75 Å². The third-order valence-electron chi connectivity index (χ3n) is 4.72. The Bertz CT molecular complexity index is 738. The first-order valence-electron chi connectivity index (χ1n) is 8.73. The Balaban J connectivity index is 1.27. The summed E-state index contributed by atoms with van der Waals surface area (Å²) < 4.78 is 5.55. The highest BCUT2D eigenvalue weighted by atomic mass is 32.1. The molecule has 1 aromatic heterocycles. The van der Waals surface area contributed by atoms with E-state index in [4.69, 9.17) is 10.5 Å². The minimum absolute atomic E-state index is 0.656. The Morgan fingerprint density at radius 2 is 2.16 bits per heavy atom. The zero-order chi connectivity index (χ0) is 17.1. The lowest BCUT2D eigenvalue weighted by molar-refractivity contribution is 0.357. The van der Waals surface area contributed by atoms with Gasteiger partial charge in [-0.2, -0.15) is 0 Å². The molecule has 0 unspecified atom stereocenters. The largest absolute Gasteiger partial charge is 0.493 e. The number of guanidine groups is 1. The van der Waals surface area contributed by atoms with Crippen molar-refractivity contribution in [3.63, 3.8) is 0 Å². The van der Waals surface area contributed by atoms with Gasteiger partial charge < -0.3 is 20.3 Å². The molecule has 1 aromatic carbocycles. The Kier molecular flexibility index (Phi) is 4.74. The van der Waals surface area contributed by atoms with Gasteiger partial charge in [-0.25, -0.2) is 4.98 Å². The molecule has 3 heterocycles. The molecule has 0 bridgehead atoms. The van der Waals surface area contributed by atoms with E-state index in [0.717, 1.165) is 63.1 Å². The van der Waals surface area contributed by atoms with Gasteiger partial charge in [-0.15, -0.1) is 11.3 Å². The van der Waals surface area contributed by atoms with Crippen LogP contribution in [0.4, 0.5) is 5.13 Å². The van der Waals surface area contributed by atoms with Crippen LogP contribution in [0.3, 0.4) is 0 Å². The van der Waals surface area contributed by atoms with Crippen molar-refractivity contribution in [2.45, 2.75) is 12.8 Å². The minimum Gasteiger partial charge on any atom is -0.493 e. The van der Waals surface area contributed by atoms with Gasteiger partial charge in [0.05, 0.1) is 6.61 Å². The van der Waals surface area contributed by atoms with E-state index in [1.54, 1.807) is 11.3 Å². The molecule has 25 heavy (non-hydrogen) atoms. The zero-order valence-corrected chi connectivity index (χ0v) is 15.0.